The summed E-state index contributed by atoms with van der Waals surface area (Å²) in [6.07, 6.45) is -0.886. The Morgan fingerprint density at radius 1 is 1.11 bits per heavy atom. The van der Waals surface area contributed by atoms with Gasteiger partial charge < -0.3 is 34.0 Å². The predicted octanol–water partition coefficient (Wildman–Crippen LogP) is 3.81. The highest BCUT2D eigenvalue weighted by atomic mass is 28.4. The Labute approximate surface area is 227 Å². The van der Waals surface area contributed by atoms with Crippen molar-refractivity contribution in [2.45, 2.75) is 102 Å². The van der Waals surface area contributed by atoms with Gasteiger partial charge in [0.2, 0.25) is 0 Å². The topological polar surface area (TPSA) is 115 Å². The van der Waals surface area contributed by atoms with Gasteiger partial charge in [-0.25, -0.2) is 0 Å². The van der Waals surface area contributed by atoms with E-state index in [1.54, 1.807) is 7.11 Å². The Morgan fingerprint density at radius 2 is 1.74 bits per heavy atom. The second-order valence-corrected chi connectivity index (χ2v) is 18.8. The van der Waals surface area contributed by atoms with E-state index in [1.165, 1.54) is 0 Å². The van der Waals surface area contributed by atoms with E-state index in [9.17, 15) is 20.1 Å². The first-order valence-corrected chi connectivity index (χ1v) is 16.5. The largest absolute Gasteiger partial charge is 0.497 e. The number of benzene rings is 1. The number of aliphatic hydroxyl groups is 3. The number of hydrogen-bond donors (Lipinski definition) is 3. The molecule has 0 bridgehead atoms. The second kappa shape index (κ2) is 9.56. The third kappa shape index (κ3) is 4.53. The van der Waals surface area contributed by atoms with Crippen LogP contribution < -0.4 is 4.74 Å². The van der Waals surface area contributed by atoms with E-state index in [-0.39, 0.29) is 43.1 Å². The van der Waals surface area contributed by atoms with Gasteiger partial charge in [0, 0.05) is 0 Å². The lowest BCUT2D eigenvalue weighted by Crippen LogP contribution is -2.84. The number of hydrogen-bond acceptors (Lipinski definition) is 8. The molecule has 1 saturated heterocycles. The molecule has 214 valence electrons. The van der Waals surface area contributed by atoms with Crippen LogP contribution in [-0.4, -0.2) is 73.3 Å². The van der Waals surface area contributed by atoms with Gasteiger partial charge in [-0.2, -0.15) is 0 Å². The summed E-state index contributed by atoms with van der Waals surface area (Å²) < 4.78 is 23.6. The van der Waals surface area contributed by atoms with Crippen LogP contribution >= 0.6 is 0 Å². The van der Waals surface area contributed by atoms with E-state index < -0.39 is 49.0 Å². The highest BCUT2D eigenvalue weighted by Gasteiger charge is 2.82. The van der Waals surface area contributed by atoms with Crippen molar-refractivity contribution in [3.8, 4) is 5.75 Å². The number of cyclic esters (lactones) is 1. The molecule has 4 rings (SSSR count). The van der Waals surface area contributed by atoms with Gasteiger partial charge in [0.05, 0.1) is 37.9 Å². The van der Waals surface area contributed by atoms with Crippen LogP contribution in [0.5, 0.6) is 5.75 Å². The van der Waals surface area contributed by atoms with Crippen LogP contribution in [0.25, 0.3) is 0 Å². The molecule has 3 fully saturated rings. The number of aliphatic hydroxyl groups excluding tert-OH is 1. The van der Waals surface area contributed by atoms with Crippen LogP contribution in [0.2, 0.25) is 18.1 Å². The van der Waals surface area contributed by atoms with Gasteiger partial charge in [-0.15, -0.1) is 0 Å². The first kappa shape index (κ1) is 29.5. The average Bonchev–Trinajstić information content (AvgIpc) is 3.03. The standard InChI is InChI=1S/C29H46O8Si/c1-25(2,3)38(7,8)37-16-21-24(31)36-18-27(28(32)17-26(4,5)13-22(28)30)14-23(29(21,27)33)35-15-19-9-11-20(34-6)12-10-19/h9-12,21-23,30,32-33H,13-18H2,1-8H3/t21?,22-,23-,27+,28+,29-/m1/s1. The number of rotatable bonds is 8. The van der Waals surface area contributed by atoms with E-state index in [0.29, 0.717) is 6.42 Å². The monoisotopic (exact) mass is 550 g/mol. The van der Waals surface area contributed by atoms with Crippen molar-refractivity contribution in [3.63, 3.8) is 0 Å². The predicted molar refractivity (Wildman–Crippen MR) is 145 cm³/mol. The van der Waals surface area contributed by atoms with Crippen molar-refractivity contribution in [2.75, 3.05) is 20.3 Å². The van der Waals surface area contributed by atoms with Gasteiger partial charge >= 0.3 is 5.97 Å². The van der Waals surface area contributed by atoms with E-state index >= 15 is 0 Å². The fraction of sp³-hybridized carbons (Fsp3) is 0.759. The van der Waals surface area contributed by atoms with Crippen molar-refractivity contribution in [1.29, 1.82) is 0 Å². The number of carbonyl (C=O) groups excluding carboxylic acids is 1. The lowest BCUT2D eigenvalue weighted by molar-refractivity contribution is -0.372. The Balaban J connectivity index is 1.67. The fourth-order valence-electron chi connectivity index (χ4n) is 6.58. The van der Waals surface area contributed by atoms with Gasteiger partial charge in [0.15, 0.2) is 8.32 Å². The molecule has 3 N–H and O–H groups in total. The van der Waals surface area contributed by atoms with E-state index in [2.05, 4.69) is 33.9 Å². The molecule has 1 aromatic rings. The number of esters is 1. The first-order valence-electron chi connectivity index (χ1n) is 13.6. The first-order chi connectivity index (χ1) is 17.4. The highest BCUT2D eigenvalue weighted by molar-refractivity contribution is 6.74. The van der Waals surface area contributed by atoms with Gasteiger partial charge in [-0.05, 0) is 60.5 Å². The van der Waals surface area contributed by atoms with Crippen molar-refractivity contribution < 1.29 is 38.8 Å². The summed E-state index contributed by atoms with van der Waals surface area (Å²) in [5.41, 5.74) is -4.13. The van der Waals surface area contributed by atoms with Crippen LogP contribution in [0.15, 0.2) is 24.3 Å². The Kier molecular flexibility index (Phi) is 7.42. The third-order valence-corrected chi connectivity index (χ3v) is 14.5. The molecule has 1 heterocycles. The zero-order valence-electron chi connectivity index (χ0n) is 24.2. The Bertz CT molecular complexity index is 1030. The lowest BCUT2D eigenvalue weighted by Gasteiger charge is -2.69. The summed E-state index contributed by atoms with van der Waals surface area (Å²) in [6, 6.07) is 7.45. The number of methoxy groups -OCH3 is 1. The summed E-state index contributed by atoms with van der Waals surface area (Å²) >= 11 is 0. The fourth-order valence-corrected chi connectivity index (χ4v) is 7.59. The molecule has 0 amide bonds. The van der Waals surface area contributed by atoms with Gasteiger partial charge in [-0.1, -0.05) is 46.8 Å². The van der Waals surface area contributed by atoms with Gasteiger partial charge in [0.1, 0.15) is 29.5 Å². The highest BCUT2D eigenvalue weighted by Crippen LogP contribution is 2.68. The van der Waals surface area contributed by atoms with Gasteiger partial charge in [0.25, 0.3) is 0 Å². The van der Waals surface area contributed by atoms with Crippen molar-refractivity contribution in [1.82, 2.24) is 0 Å². The molecule has 3 aliphatic rings. The molecule has 8 nitrogen and oxygen atoms in total. The smallest absolute Gasteiger partial charge is 0.314 e. The van der Waals surface area contributed by atoms with E-state index in [4.69, 9.17) is 18.6 Å². The molecule has 1 aromatic carbocycles. The van der Waals surface area contributed by atoms with Gasteiger partial charge in [-0.3, -0.25) is 4.79 Å². The maximum atomic E-state index is 13.3. The minimum Gasteiger partial charge on any atom is -0.497 e. The Hall–Kier alpha value is -1.49. The summed E-state index contributed by atoms with van der Waals surface area (Å²) in [6.45, 7) is 14.5. The molecule has 2 aliphatic carbocycles. The number of carbonyl (C=O) groups is 1. The van der Waals surface area contributed by atoms with Crippen LogP contribution in [0.4, 0.5) is 0 Å². The molecule has 1 unspecified atom stereocenters. The summed E-state index contributed by atoms with van der Waals surface area (Å²) in [5, 5.41) is 35.7. The summed E-state index contributed by atoms with van der Waals surface area (Å²) in [7, 11) is -0.672. The normalized spacial score (nSPS) is 36.8. The van der Waals surface area contributed by atoms with Crippen molar-refractivity contribution >= 4 is 14.3 Å². The van der Waals surface area contributed by atoms with Crippen LogP contribution in [-0.2, 0) is 25.3 Å². The SMILES string of the molecule is COc1ccc(CO[C@@H]2C[C@@]3([C@]4(O)CC(C)(C)C[C@H]4O)COC(=O)C(CO[Si](C)(C)C(C)(C)C)[C@@]23O)cc1. The van der Waals surface area contributed by atoms with Crippen LogP contribution in [0.1, 0.15) is 59.4 Å². The molecule has 0 spiro atoms. The lowest BCUT2D eigenvalue weighted by atomic mass is 9.43. The van der Waals surface area contributed by atoms with E-state index in [0.717, 1.165) is 11.3 Å². The van der Waals surface area contributed by atoms with Crippen LogP contribution in [0.3, 0.4) is 0 Å². The van der Waals surface area contributed by atoms with Crippen LogP contribution in [0, 0.1) is 16.7 Å². The third-order valence-electron chi connectivity index (χ3n) is 9.97. The molecular formula is C29H46O8Si. The quantitative estimate of drug-likeness (QED) is 0.331. The molecule has 0 aromatic heterocycles. The molecule has 1 aliphatic heterocycles. The second-order valence-electron chi connectivity index (χ2n) is 14.0. The molecule has 0 radical (unpaired) electrons. The minimum absolute atomic E-state index is 0.0362. The summed E-state index contributed by atoms with van der Waals surface area (Å²) in [4.78, 5) is 13.3. The van der Waals surface area contributed by atoms with E-state index in [1.807, 2.05) is 38.1 Å². The van der Waals surface area contributed by atoms with Crippen molar-refractivity contribution in [3.05, 3.63) is 29.8 Å². The average molecular weight is 551 g/mol. The molecular weight excluding hydrogens is 504 g/mol. The molecule has 38 heavy (non-hydrogen) atoms. The van der Waals surface area contributed by atoms with Crippen molar-refractivity contribution in [2.24, 2.45) is 16.7 Å². The zero-order chi connectivity index (χ0) is 28.4. The minimum atomic E-state index is -2.28. The number of ether oxygens (including phenoxy) is 3. The zero-order valence-corrected chi connectivity index (χ0v) is 25.2. The maximum absolute atomic E-state index is 13.3. The summed E-state index contributed by atoms with van der Waals surface area (Å²) in [5.74, 6) is -0.886. The number of fused-ring (bicyclic) bond motifs is 1. The maximum Gasteiger partial charge on any atom is 0.314 e. The Morgan fingerprint density at radius 3 is 2.26 bits per heavy atom. The molecule has 6 atom stereocenters. The molecule has 2 saturated carbocycles. The molecule has 9 heteroatoms.